The van der Waals surface area contributed by atoms with Gasteiger partial charge >= 0.3 is 140 Å². The Labute approximate surface area is 140 Å². The van der Waals surface area contributed by atoms with Crippen LogP contribution in [0, 0.1) is 0 Å². The third-order valence-electron chi connectivity index (χ3n) is 2.93. The van der Waals surface area contributed by atoms with Gasteiger partial charge in [-0.2, -0.15) is 0 Å². The molecule has 0 aliphatic heterocycles. The molecule has 1 aromatic rings. The fourth-order valence-electron chi connectivity index (χ4n) is 2.08. The molecule has 0 N–H and O–H groups in total. The molecule has 0 spiro atoms. The van der Waals surface area contributed by atoms with Gasteiger partial charge in [-0.25, -0.2) is 0 Å². The van der Waals surface area contributed by atoms with E-state index in [0.29, 0.717) is 11.8 Å². The molecule has 0 bridgehead atoms. The molecule has 0 heterocycles. The van der Waals surface area contributed by atoms with Crippen LogP contribution >= 0.6 is 18.8 Å². The van der Waals surface area contributed by atoms with Crippen molar-refractivity contribution in [1.82, 2.24) is 0 Å². The Morgan fingerprint density at radius 1 is 0.952 bits per heavy atom. The normalized spacial score (nSPS) is 12.9. The van der Waals surface area contributed by atoms with Gasteiger partial charge in [-0.1, -0.05) is 0 Å². The zero-order valence-electron chi connectivity index (χ0n) is 13.9. The summed E-state index contributed by atoms with van der Waals surface area (Å²) in [5.41, 5.74) is 3.09. The third kappa shape index (κ3) is 6.00. The summed E-state index contributed by atoms with van der Waals surface area (Å²) in [6.45, 7) is 14.7. The quantitative estimate of drug-likeness (QED) is 0.469. The van der Waals surface area contributed by atoms with Crippen molar-refractivity contribution in [2.75, 3.05) is 0 Å². The molecule has 0 fully saturated rings. The molecule has 0 radical (unpaired) electrons. The van der Waals surface area contributed by atoms with Gasteiger partial charge in [0.2, 0.25) is 0 Å². The second-order valence-corrected chi connectivity index (χ2v) is 15.8. The molecule has 2 nitrogen and oxygen atoms in total. The number of hydrogen-bond donors (Lipinski definition) is 0. The Morgan fingerprint density at radius 2 is 1.38 bits per heavy atom. The molecule has 21 heavy (non-hydrogen) atoms. The number of nitrogens with zero attached hydrogens (tertiary/aromatic N) is 2. The molecule has 1 aromatic carbocycles. The topological polar surface area (TPSA) is 24.7 Å². The molecule has 0 unspecified atom stereocenters. The van der Waals surface area contributed by atoms with E-state index in [4.69, 9.17) is 22.3 Å². The monoisotopic (exact) mass is 414 g/mol. The summed E-state index contributed by atoms with van der Waals surface area (Å²) in [6, 6.07) is 6.31. The maximum atomic E-state index is 6.53. The van der Waals surface area contributed by atoms with Gasteiger partial charge in [0.25, 0.3) is 0 Å². The van der Waals surface area contributed by atoms with Crippen molar-refractivity contribution in [3.63, 3.8) is 0 Å². The molecular weight excluding hydrogens is 387 g/mol. The van der Waals surface area contributed by atoms with Crippen LogP contribution in [-0.4, -0.2) is 5.54 Å². The average Bonchev–Trinajstić information content (AvgIpc) is 2.24. The van der Waals surface area contributed by atoms with Crippen LogP contribution in [0.1, 0.15) is 71.4 Å². The van der Waals surface area contributed by atoms with Crippen molar-refractivity contribution >= 4 is 24.5 Å². The van der Waals surface area contributed by atoms with E-state index in [-0.39, 0.29) is 5.54 Å². The predicted octanol–water partition coefficient (Wildman–Crippen LogP) is 7.19. The van der Waals surface area contributed by atoms with E-state index < -0.39 is 13.6 Å². The first-order chi connectivity index (χ1) is 9.43. The summed E-state index contributed by atoms with van der Waals surface area (Å²) in [7, 11) is 13.1. The van der Waals surface area contributed by atoms with Crippen molar-refractivity contribution in [1.29, 1.82) is 0 Å². The van der Waals surface area contributed by atoms with Crippen LogP contribution in [0.5, 0.6) is 0 Å². The Morgan fingerprint density at radius 3 is 1.71 bits per heavy atom. The second kappa shape index (κ2) is 7.11. The van der Waals surface area contributed by atoms with Crippen LogP contribution in [0.4, 0.5) is 5.69 Å². The van der Waals surface area contributed by atoms with Crippen LogP contribution in [0.2, 0.25) is 0 Å². The summed E-state index contributed by atoms with van der Waals surface area (Å²) in [5.74, 6) is 0.758. The number of hydrogen-bond acceptors (Lipinski definition) is 2. The number of rotatable bonds is 3. The summed E-state index contributed by atoms with van der Waals surface area (Å²) in [5, 5.41) is 0. The molecule has 0 aliphatic rings. The van der Waals surface area contributed by atoms with E-state index >= 15 is 0 Å². The third-order valence-corrected chi connectivity index (χ3v) is 7.44. The SMILES string of the molecule is CC(C)c1cccc(C(C)C)c1[N]=[Mo]([Cl])([Cl])=[N]C(C)(C)C. The van der Waals surface area contributed by atoms with Gasteiger partial charge in [0.15, 0.2) is 0 Å². The molecule has 0 saturated carbocycles. The fraction of sp³-hybridized carbons (Fsp3) is 0.625. The van der Waals surface area contributed by atoms with Crippen molar-refractivity contribution in [3.8, 4) is 0 Å². The Hall–Kier alpha value is 0.0883. The van der Waals surface area contributed by atoms with E-state index in [9.17, 15) is 0 Å². The van der Waals surface area contributed by atoms with Crippen molar-refractivity contribution in [3.05, 3.63) is 29.3 Å². The van der Waals surface area contributed by atoms with Crippen LogP contribution in [0.15, 0.2) is 25.2 Å². The van der Waals surface area contributed by atoms with Gasteiger partial charge in [0, 0.05) is 0 Å². The molecule has 0 aliphatic carbocycles. The maximum absolute atomic E-state index is 6.53. The van der Waals surface area contributed by atoms with Crippen molar-refractivity contribution in [2.45, 2.75) is 65.8 Å². The molecule has 0 saturated heterocycles. The van der Waals surface area contributed by atoms with Gasteiger partial charge in [0.05, 0.1) is 0 Å². The average molecular weight is 413 g/mol. The van der Waals surface area contributed by atoms with E-state index in [1.54, 1.807) is 0 Å². The molecule has 0 aromatic heterocycles. The van der Waals surface area contributed by atoms with E-state index in [1.807, 2.05) is 20.8 Å². The van der Waals surface area contributed by atoms with E-state index in [1.165, 1.54) is 11.1 Å². The molecule has 120 valence electrons. The molecule has 0 atom stereocenters. The first kappa shape index (κ1) is 19.1. The first-order valence-electron chi connectivity index (χ1n) is 7.25. The summed E-state index contributed by atoms with van der Waals surface area (Å²) in [4.78, 5) is 0. The fourth-order valence-corrected chi connectivity index (χ4v) is 8.12. The number of halogens is 2. The Kier molecular flexibility index (Phi) is 6.48. The minimum atomic E-state index is -3.62. The van der Waals surface area contributed by atoms with Crippen LogP contribution < -0.4 is 0 Å². The van der Waals surface area contributed by atoms with Gasteiger partial charge in [0.1, 0.15) is 0 Å². The van der Waals surface area contributed by atoms with E-state index in [2.05, 4.69) is 49.4 Å². The Bertz CT molecular complexity index is 585. The molecule has 0 amide bonds. The molecular formula is C16H26Cl2MoN2. The van der Waals surface area contributed by atoms with Gasteiger partial charge in [-0.05, 0) is 0 Å². The van der Waals surface area contributed by atoms with Crippen molar-refractivity contribution < 1.29 is 13.6 Å². The summed E-state index contributed by atoms with van der Waals surface area (Å²) in [6.07, 6.45) is 0. The summed E-state index contributed by atoms with van der Waals surface area (Å²) < 4.78 is 9.36. The van der Waals surface area contributed by atoms with E-state index in [0.717, 1.165) is 5.69 Å². The van der Waals surface area contributed by atoms with Gasteiger partial charge in [-0.15, -0.1) is 0 Å². The molecule has 5 heteroatoms. The molecule has 1 rings (SSSR count). The van der Waals surface area contributed by atoms with Crippen LogP contribution in [0.3, 0.4) is 0 Å². The van der Waals surface area contributed by atoms with Crippen LogP contribution in [0.25, 0.3) is 0 Å². The predicted molar refractivity (Wildman–Crippen MR) is 90.6 cm³/mol. The van der Waals surface area contributed by atoms with Crippen molar-refractivity contribution in [2.24, 2.45) is 6.99 Å². The minimum absolute atomic E-state index is 0.265. The zero-order chi connectivity index (χ0) is 16.4. The first-order valence-corrected chi connectivity index (χ1v) is 14.2. The van der Waals surface area contributed by atoms with Gasteiger partial charge in [-0.3, -0.25) is 0 Å². The second-order valence-electron chi connectivity index (χ2n) is 6.86. The van der Waals surface area contributed by atoms with Gasteiger partial charge < -0.3 is 0 Å². The zero-order valence-corrected chi connectivity index (χ0v) is 17.5. The summed E-state index contributed by atoms with van der Waals surface area (Å²) >= 11 is -3.62. The van der Waals surface area contributed by atoms with Crippen LogP contribution in [-0.2, 0) is 13.6 Å². The Balaban J connectivity index is 3.66. The number of benzene rings is 1. The standard InChI is InChI=1S/C12H17N.C4H9N.2ClH.Mo/c1-8(2)10-6-5-7-11(9(3)4)12(10)13;1-4(2,3)5;;;/h5-9H,1-4H3;1-3H3;2*1H;/q;;;;+2/p-2.